The minimum Gasteiger partial charge on any atom is -0.478 e. The van der Waals surface area contributed by atoms with Crippen LogP contribution in [0.1, 0.15) is 6.92 Å². The molecule has 0 radical (unpaired) electrons. The van der Waals surface area contributed by atoms with Gasteiger partial charge in [-0.05, 0) is 13.0 Å². The van der Waals surface area contributed by atoms with Crippen molar-refractivity contribution >= 4 is 11.6 Å². The lowest BCUT2D eigenvalue weighted by Crippen LogP contribution is -2.28. The van der Waals surface area contributed by atoms with E-state index in [4.69, 9.17) is 11.2 Å². The zero-order valence-electron chi connectivity index (χ0n) is 9.69. The molecule has 1 heterocycles. The minimum atomic E-state index is -0.161. The van der Waals surface area contributed by atoms with Gasteiger partial charge in [0, 0.05) is 6.07 Å². The van der Waals surface area contributed by atoms with Crippen LogP contribution in [0.3, 0.4) is 0 Å². The average molecular weight is 233 g/mol. The molecule has 2 N–H and O–H groups in total. The molecular formula is C12H15N3O2. The van der Waals surface area contributed by atoms with Gasteiger partial charge in [0.1, 0.15) is 0 Å². The number of anilines is 1. The fraction of sp³-hybridized carbons (Fsp3) is 0.333. The van der Waals surface area contributed by atoms with Gasteiger partial charge in [-0.1, -0.05) is 5.92 Å². The van der Waals surface area contributed by atoms with Crippen LogP contribution in [0.25, 0.3) is 0 Å². The van der Waals surface area contributed by atoms with Gasteiger partial charge in [-0.3, -0.25) is 10.1 Å². The Morgan fingerprint density at radius 2 is 2.41 bits per heavy atom. The Hall–Kier alpha value is -2.06. The molecule has 0 bridgehead atoms. The van der Waals surface area contributed by atoms with Crippen LogP contribution in [0, 0.1) is 12.3 Å². The SMILES string of the molecule is C#CCNCC(=O)Nc1ccc(OCC)nc1. The van der Waals surface area contributed by atoms with Gasteiger partial charge in [-0.2, -0.15) is 0 Å². The molecule has 0 saturated heterocycles. The highest BCUT2D eigenvalue weighted by atomic mass is 16.5. The first-order valence-corrected chi connectivity index (χ1v) is 5.29. The van der Waals surface area contributed by atoms with E-state index < -0.39 is 0 Å². The lowest BCUT2D eigenvalue weighted by molar-refractivity contribution is -0.115. The topological polar surface area (TPSA) is 63.2 Å². The van der Waals surface area contributed by atoms with Gasteiger partial charge in [-0.15, -0.1) is 6.42 Å². The maximum absolute atomic E-state index is 11.4. The maximum Gasteiger partial charge on any atom is 0.238 e. The van der Waals surface area contributed by atoms with Gasteiger partial charge in [0.25, 0.3) is 0 Å². The third kappa shape index (κ3) is 5.00. The highest BCUT2D eigenvalue weighted by molar-refractivity contribution is 5.92. The number of amides is 1. The van der Waals surface area contributed by atoms with E-state index in [2.05, 4.69) is 21.5 Å². The summed E-state index contributed by atoms with van der Waals surface area (Å²) in [5, 5.41) is 5.48. The summed E-state index contributed by atoms with van der Waals surface area (Å²) in [6.45, 7) is 3.00. The summed E-state index contributed by atoms with van der Waals surface area (Å²) >= 11 is 0. The summed E-state index contributed by atoms with van der Waals surface area (Å²) in [5.74, 6) is 2.77. The van der Waals surface area contributed by atoms with E-state index in [-0.39, 0.29) is 12.5 Å². The van der Waals surface area contributed by atoms with Crippen LogP contribution in [0.2, 0.25) is 0 Å². The van der Waals surface area contributed by atoms with E-state index in [0.717, 1.165) is 0 Å². The molecular weight excluding hydrogens is 218 g/mol. The molecule has 1 rings (SSSR count). The third-order valence-electron chi connectivity index (χ3n) is 1.82. The van der Waals surface area contributed by atoms with Crippen molar-refractivity contribution in [1.82, 2.24) is 10.3 Å². The van der Waals surface area contributed by atoms with E-state index in [1.54, 1.807) is 18.3 Å². The van der Waals surface area contributed by atoms with Crippen LogP contribution < -0.4 is 15.4 Å². The van der Waals surface area contributed by atoms with Gasteiger partial charge in [0.05, 0.1) is 31.6 Å². The van der Waals surface area contributed by atoms with Crippen molar-refractivity contribution < 1.29 is 9.53 Å². The molecule has 1 amide bonds. The Kier molecular flexibility index (Phi) is 5.55. The molecule has 0 aliphatic heterocycles. The fourth-order valence-corrected chi connectivity index (χ4v) is 1.14. The fourth-order valence-electron chi connectivity index (χ4n) is 1.14. The van der Waals surface area contributed by atoms with Crippen molar-refractivity contribution in [1.29, 1.82) is 0 Å². The van der Waals surface area contributed by atoms with Crippen LogP contribution in [-0.2, 0) is 4.79 Å². The molecule has 0 saturated carbocycles. The highest BCUT2D eigenvalue weighted by Crippen LogP contribution is 2.10. The van der Waals surface area contributed by atoms with Gasteiger partial charge in [0.15, 0.2) is 0 Å². The largest absolute Gasteiger partial charge is 0.478 e. The quantitative estimate of drug-likeness (QED) is 0.559. The number of aromatic nitrogens is 1. The first-order chi connectivity index (χ1) is 8.26. The third-order valence-corrected chi connectivity index (χ3v) is 1.82. The number of terminal acetylenes is 1. The smallest absolute Gasteiger partial charge is 0.238 e. The zero-order chi connectivity index (χ0) is 12.5. The molecule has 5 heteroatoms. The summed E-state index contributed by atoms with van der Waals surface area (Å²) in [5.41, 5.74) is 0.626. The van der Waals surface area contributed by atoms with E-state index >= 15 is 0 Å². The average Bonchev–Trinajstić information content (AvgIpc) is 2.32. The summed E-state index contributed by atoms with van der Waals surface area (Å²) < 4.78 is 5.19. The van der Waals surface area contributed by atoms with Crippen LogP contribution in [-0.4, -0.2) is 30.6 Å². The van der Waals surface area contributed by atoms with Gasteiger partial charge >= 0.3 is 0 Å². The summed E-state index contributed by atoms with van der Waals surface area (Å²) in [4.78, 5) is 15.4. The zero-order valence-corrected chi connectivity index (χ0v) is 9.69. The van der Waals surface area contributed by atoms with Crippen molar-refractivity contribution in [3.63, 3.8) is 0 Å². The maximum atomic E-state index is 11.4. The highest BCUT2D eigenvalue weighted by Gasteiger charge is 2.01. The number of hydrogen-bond donors (Lipinski definition) is 2. The number of carbonyl (C=O) groups excluding carboxylic acids is 1. The molecule has 0 aliphatic carbocycles. The Morgan fingerprint density at radius 3 is 3.00 bits per heavy atom. The summed E-state index contributed by atoms with van der Waals surface area (Å²) in [6, 6.07) is 3.44. The molecule has 17 heavy (non-hydrogen) atoms. The van der Waals surface area contributed by atoms with Crippen molar-refractivity contribution in [3.8, 4) is 18.2 Å². The molecule has 0 aromatic carbocycles. The normalized spacial score (nSPS) is 9.41. The number of nitrogens with zero attached hydrogens (tertiary/aromatic N) is 1. The second kappa shape index (κ2) is 7.25. The van der Waals surface area contributed by atoms with E-state index in [0.29, 0.717) is 24.7 Å². The summed E-state index contributed by atoms with van der Waals surface area (Å²) in [6.07, 6.45) is 6.59. The van der Waals surface area contributed by atoms with Crippen LogP contribution >= 0.6 is 0 Å². The summed E-state index contributed by atoms with van der Waals surface area (Å²) in [7, 11) is 0. The first kappa shape index (κ1) is 13.0. The molecule has 5 nitrogen and oxygen atoms in total. The van der Waals surface area contributed by atoms with Crippen LogP contribution in [0.15, 0.2) is 18.3 Å². The lowest BCUT2D eigenvalue weighted by Gasteiger charge is -2.06. The number of rotatable bonds is 6. The van der Waals surface area contributed by atoms with Crippen molar-refractivity contribution in [2.45, 2.75) is 6.92 Å². The molecule has 0 spiro atoms. The van der Waals surface area contributed by atoms with Gasteiger partial charge < -0.3 is 10.1 Å². The number of ether oxygens (including phenoxy) is 1. The molecule has 1 aromatic heterocycles. The molecule has 0 aliphatic rings. The molecule has 0 fully saturated rings. The van der Waals surface area contributed by atoms with Crippen molar-refractivity contribution in [2.24, 2.45) is 0 Å². The molecule has 90 valence electrons. The van der Waals surface area contributed by atoms with E-state index in [9.17, 15) is 4.79 Å². The number of nitrogens with one attached hydrogen (secondary N) is 2. The lowest BCUT2D eigenvalue weighted by atomic mass is 10.4. The molecule has 0 unspecified atom stereocenters. The number of carbonyl (C=O) groups is 1. The van der Waals surface area contributed by atoms with Crippen molar-refractivity contribution in [3.05, 3.63) is 18.3 Å². The van der Waals surface area contributed by atoms with Crippen molar-refractivity contribution in [2.75, 3.05) is 25.0 Å². The molecule has 0 atom stereocenters. The van der Waals surface area contributed by atoms with Gasteiger partial charge in [0.2, 0.25) is 11.8 Å². The second-order valence-corrected chi connectivity index (χ2v) is 3.17. The Morgan fingerprint density at radius 1 is 1.59 bits per heavy atom. The Bertz CT molecular complexity index is 395. The minimum absolute atomic E-state index is 0.161. The van der Waals surface area contributed by atoms with Crippen LogP contribution in [0.4, 0.5) is 5.69 Å². The first-order valence-electron chi connectivity index (χ1n) is 5.29. The predicted octanol–water partition coefficient (Wildman–Crippen LogP) is 0.642. The van der Waals surface area contributed by atoms with E-state index in [1.807, 2.05) is 6.92 Å². The Balaban J connectivity index is 2.40. The number of pyridine rings is 1. The Labute approximate surface area is 101 Å². The second-order valence-electron chi connectivity index (χ2n) is 3.17. The van der Waals surface area contributed by atoms with Gasteiger partial charge in [-0.25, -0.2) is 4.98 Å². The predicted molar refractivity (Wildman–Crippen MR) is 65.7 cm³/mol. The van der Waals surface area contributed by atoms with Crippen LogP contribution in [0.5, 0.6) is 5.88 Å². The molecule has 1 aromatic rings. The monoisotopic (exact) mass is 233 g/mol. The number of hydrogen-bond acceptors (Lipinski definition) is 4. The standard InChI is InChI=1S/C12H15N3O2/c1-3-7-13-9-11(16)15-10-5-6-12(14-8-10)17-4-2/h1,5-6,8,13H,4,7,9H2,2H3,(H,15,16). The van der Waals surface area contributed by atoms with E-state index in [1.165, 1.54) is 0 Å².